The second kappa shape index (κ2) is 7.02. The highest BCUT2D eigenvalue weighted by Gasteiger charge is 2.70. The maximum atomic E-state index is 15.3. The lowest BCUT2D eigenvalue weighted by atomic mass is 9.46. The number of ether oxygens (including phenoxy) is 1. The molecule has 0 aromatic heterocycles. The normalized spacial score (nSPS) is 47.1. The summed E-state index contributed by atoms with van der Waals surface area (Å²) in [6.45, 7) is 5.43. The van der Waals surface area contributed by atoms with Gasteiger partial charge in [0.2, 0.25) is 5.12 Å². The predicted molar refractivity (Wildman–Crippen MR) is 111 cm³/mol. The molecule has 4 aliphatic rings. The number of esters is 1. The first-order valence-corrected chi connectivity index (χ1v) is 11.2. The van der Waals surface area contributed by atoms with Gasteiger partial charge in [-0.2, -0.15) is 0 Å². The van der Waals surface area contributed by atoms with Gasteiger partial charge in [0.1, 0.15) is 6.17 Å². The molecule has 4 aliphatic carbocycles. The summed E-state index contributed by atoms with van der Waals surface area (Å²) in [5, 5.41) is 10.8. The van der Waals surface area contributed by atoms with Gasteiger partial charge in [-0.1, -0.05) is 26.8 Å². The van der Waals surface area contributed by atoms with E-state index >= 15 is 4.39 Å². The third-order valence-electron chi connectivity index (χ3n) is 8.52. The number of alkyl halides is 1. The van der Waals surface area contributed by atoms with E-state index in [-0.39, 0.29) is 42.8 Å². The maximum Gasteiger partial charge on any atom is 0.306 e. The lowest BCUT2D eigenvalue weighted by Crippen LogP contribution is -2.62. The van der Waals surface area contributed by atoms with Crippen molar-refractivity contribution in [2.75, 3.05) is 0 Å². The molecule has 164 valence electrons. The first-order valence-electron chi connectivity index (χ1n) is 10.7. The number of halogens is 1. The molecule has 0 radical (unpaired) electrons. The van der Waals surface area contributed by atoms with Crippen LogP contribution in [0.3, 0.4) is 0 Å². The summed E-state index contributed by atoms with van der Waals surface area (Å²) >= 11 is 4.10. The van der Waals surface area contributed by atoms with Crippen molar-refractivity contribution in [3.63, 3.8) is 0 Å². The Morgan fingerprint density at radius 3 is 2.70 bits per heavy atom. The number of aliphatic hydroxyl groups is 1. The van der Waals surface area contributed by atoms with Gasteiger partial charge in [-0.25, -0.2) is 4.39 Å². The van der Waals surface area contributed by atoms with Crippen LogP contribution in [-0.2, 0) is 19.1 Å². The van der Waals surface area contributed by atoms with Crippen LogP contribution in [0.4, 0.5) is 4.39 Å². The lowest BCUT2D eigenvalue weighted by Gasteiger charge is -2.60. The van der Waals surface area contributed by atoms with Gasteiger partial charge >= 0.3 is 5.97 Å². The van der Waals surface area contributed by atoms with E-state index in [4.69, 9.17) is 4.74 Å². The first-order chi connectivity index (χ1) is 14.0. The van der Waals surface area contributed by atoms with Crippen molar-refractivity contribution in [2.45, 2.75) is 70.8 Å². The Bertz CT molecular complexity index is 868. The van der Waals surface area contributed by atoms with Gasteiger partial charge in [-0.15, -0.1) is 12.6 Å². The molecule has 3 fully saturated rings. The van der Waals surface area contributed by atoms with Crippen LogP contribution in [0.1, 0.15) is 52.9 Å². The number of rotatable bonds is 3. The van der Waals surface area contributed by atoms with Crippen LogP contribution < -0.4 is 0 Å². The number of thiol groups is 1. The molecule has 0 heterocycles. The standard InChI is InChI=1S/C23H29FO5S/c1-4-18(27)29-23(20(28)30)8-6-14-13-10-16(24)15-9-12(25)5-7-21(15,2)19(13)17(26)11-22(14,23)3/h5,7,9,13-14,16-17,19,26H,4,6,8,10-11H2,1-3H3,(H,28,30)/t13-,14-,16-,17-,19+,21-,22-,23-/m0/s1. The fourth-order valence-corrected chi connectivity index (χ4v) is 7.57. The van der Waals surface area contributed by atoms with Crippen molar-refractivity contribution < 1.29 is 28.6 Å². The van der Waals surface area contributed by atoms with Crippen molar-refractivity contribution in [1.82, 2.24) is 0 Å². The molecule has 8 atom stereocenters. The van der Waals surface area contributed by atoms with Crippen molar-refractivity contribution in [3.8, 4) is 0 Å². The molecule has 0 unspecified atom stereocenters. The van der Waals surface area contributed by atoms with Crippen LogP contribution in [0.15, 0.2) is 23.8 Å². The summed E-state index contributed by atoms with van der Waals surface area (Å²) in [5.74, 6) is -1.29. The molecule has 7 heteroatoms. The molecule has 3 saturated carbocycles. The fourth-order valence-electron chi connectivity index (χ4n) is 7.15. The van der Waals surface area contributed by atoms with Crippen LogP contribution in [-0.4, -0.2) is 39.9 Å². The van der Waals surface area contributed by atoms with Crippen LogP contribution in [0.25, 0.3) is 0 Å². The minimum Gasteiger partial charge on any atom is -0.449 e. The Hall–Kier alpha value is -1.47. The van der Waals surface area contributed by atoms with Gasteiger partial charge in [0.25, 0.3) is 0 Å². The molecule has 0 aromatic carbocycles. The zero-order chi connectivity index (χ0) is 22.1. The number of carbonyl (C=O) groups is 3. The number of aliphatic hydroxyl groups excluding tert-OH is 1. The molecule has 4 rings (SSSR count). The third kappa shape index (κ3) is 2.73. The highest BCUT2D eigenvalue weighted by atomic mass is 32.1. The Labute approximate surface area is 181 Å². The summed E-state index contributed by atoms with van der Waals surface area (Å²) in [5.41, 5.74) is -2.57. The zero-order valence-corrected chi connectivity index (χ0v) is 18.5. The van der Waals surface area contributed by atoms with E-state index in [1.807, 2.05) is 13.8 Å². The number of ketones is 1. The summed E-state index contributed by atoms with van der Waals surface area (Å²) in [4.78, 5) is 36.8. The second-order valence-electron chi connectivity index (χ2n) is 9.80. The monoisotopic (exact) mass is 436 g/mol. The predicted octanol–water partition coefficient (Wildman–Crippen LogP) is 3.36. The van der Waals surface area contributed by atoms with E-state index in [2.05, 4.69) is 12.6 Å². The molecule has 0 bridgehead atoms. The molecular formula is C23H29FO5S. The quantitative estimate of drug-likeness (QED) is 0.524. The van der Waals surface area contributed by atoms with Crippen LogP contribution >= 0.6 is 12.6 Å². The van der Waals surface area contributed by atoms with E-state index in [1.165, 1.54) is 12.2 Å². The lowest BCUT2D eigenvalue weighted by molar-refractivity contribution is -0.196. The molecular weight excluding hydrogens is 407 g/mol. The highest BCUT2D eigenvalue weighted by Crippen LogP contribution is 2.68. The molecule has 0 amide bonds. The van der Waals surface area contributed by atoms with Crippen molar-refractivity contribution >= 4 is 29.5 Å². The number of hydrogen-bond acceptors (Lipinski definition) is 5. The van der Waals surface area contributed by atoms with Crippen molar-refractivity contribution in [3.05, 3.63) is 23.8 Å². The van der Waals surface area contributed by atoms with Crippen molar-refractivity contribution in [2.24, 2.45) is 28.6 Å². The first kappa shape index (κ1) is 21.8. The van der Waals surface area contributed by atoms with Gasteiger partial charge in [0.15, 0.2) is 11.4 Å². The minimum atomic E-state index is -1.42. The van der Waals surface area contributed by atoms with Gasteiger partial charge in [-0.3, -0.25) is 14.4 Å². The second-order valence-corrected chi connectivity index (χ2v) is 10.2. The van der Waals surface area contributed by atoms with Gasteiger partial charge in [-0.05, 0) is 55.2 Å². The average Bonchev–Trinajstić information content (AvgIpc) is 2.96. The van der Waals surface area contributed by atoms with Gasteiger partial charge in [0, 0.05) is 23.2 Å². The zero-order valence-electron chi connectivity index (χ0n) is 17.6. The minimum absolute atomic E-state index is 0.102. The fraction of sp³-hybridized carbons (Fsp3) is 0.696. The summed E-state index contributed by atoms with van der Waals surface area (Å²) in [6, 6.07) is 0. The average molecular weight is 437 g/mol. The molecule has 0 saturated heterocycles. The SMILES string of the molecule is CCC(=O)O[C@]1(C(=O)S)CC[C@H]2[C@@H]3C[C@H](F)C4=CC(=O)C=C[C@]4(C)[C@H]3[C@@H](O)C[C@@]21C. The topological polar surface area (TPSA) is 80.7 Å². The molecule has 0 aromatic rings. The molecule has 5 nitrogen and oxygen atoms in total. The van der Waals surface area contributed by atoms with E-state index in [0.717, 1.165) is 0 Å². The highest BCUT2D eigenvalue weighted by molar-refractivity contribution is 7.96. The third-order valence-corrected chi connectivity index (χ3v) is 8.88. The van der Waals surface area contributed by atoms with E-state index in [1.54, 1.807) is 13.0 Å². The summed E-state index contributed by atoms with van der Waals surface area (Å²) in [6.07, 6.45) is 3.94. The maximum absolute atomic E-state index is 15.3. The smallest absolute Gasteiger partial charge is 0.306 e. The number of carbonyl (C=O) groups excluding carboxylic acids is 3. The Kier molecular flexibility index (Phi) is 5.09. The van der Waals surface area contributed by atoms with Crippen LogP contribution in [0.2, 0.25) is 0 Å². The summed E-state index contributed by atoms with van der Waals surface area (Å²) < 4.78 is 21.1. The van der Waals surface area contributed by atoms with E-state index < -0.39 is 39.8 Å². The number of allylic oxidation sites excluding steroid dienone is 4. The Balaban J connectivity index is 1.78. The van der Waals surface area contributed by atoms with Gasteiger partial charge < -0.3 is 9.84 Å². The molecule has 0 spiro atoms. The molecule has 30 heavy (non-hydrogen) atoms. The number of hydrogen-bond donors (Lipinski definition) is 2. The molecule has 0 aliphatic heterocycles. The summed E-state index contributed by atoms with van der Waals surface area (Å²) in [7, 11) is 0. The Morgan fingerprint density at radius 1 is 1.37 bits per heavy atom. The largest absolute Gasteiger partial charge is 0.449 e. The number of fused-ring (bicyclic) bond motifs is 5. The van der Waals surface area contributed by atoms with Crippen LogP contribution in [0, 0.1) is 28.6 Å². The molecule has 1 N–H and O–H groups in total. The van der Waals surface area contributed by atoms with E-state index in [9.17, 15) is 19.5 Å². The van der Waals surface area contributed by atoms with Crippen LogP contribution in [0.5, 0.6) is 0 Å². The Morgan fingerprint density at radius 2 is 2.07 bits per heavy atom. The van der Waals surface area contributed by atoms with Gasteiger partial charge in [0.05, 0.1) is 6.10 Å². The van der Waals surface area contributed by atoms with Crippen molar-refractivity contribution in [1.29, 1.82) is 0 Å². The van der Waals surface area contributed by atoms with E-state index in [0.29, 0.717) is 18.4 Å².